The second kappa shape index (κ2) is 11.7. The zero-order valence-electron chi connectivity index (χ0n) is 28.6. The van der Waals surface area contributed by atoms with E-state index in [1.54, 1.807) is 0 Å². The quantitative estimate of drug-likeness (QED) is 0.209. The molecule has 0 saturated heterocycles. The number of rotatable bonds is 6. The number of hydrogen-bond acceptors (Lipinski definition) is 3. The van der Waals surface area contributed by atoms with Crippen molar-refractivity contribution in [3.8, 4) is 17.2 Å². The lowest BCUT2D eigenvalue weighted by Gasteiger charge is -2.30. The number of benzene rings is 4. The molecular formula is C41H52O3. The van der Waals surface area contributed by atoms with Crippen molar-refractivity contribution in [1.82, 2.24) is 0 Å². The Balaban J connectivity index is 1.80. The predicted octanol–water partition coefficient (Wildman–Crippen LogP) is 10.4. The summed E-state index contributed by atoms with van der Waals surface area (Å²) in [6.45, 7) is 23.6. The van der Waals surface area contributed by atoms with Crippen LogP contribution in [0.25, 0.3) is 0 Å². The van der Waals surface area contributed by atoms with Gasteiger partial charge in [-0.1, -0.05) is 137 Å². The second-order valence-electron chi connectivity index (χ2n) is 16.1. The number of aromatic hydroxyl groups is 3. The molecule has 4 aromatic carbocycles. The fourth-order valence-electron chi connectivity index (χ4n) is 6.17. The van der Waals surface area contributed by atoms with Crippen molar-refractivity contribution in [3.63, 3.8) is 0 Å². The Labute approximate surface area is 265 Å². The van der Waals surface area contributed by atoms with Crippen LogP contribution in [0.1, 0.15) is 127 Å². The summed E-state index contributed by atoms with van der Waals surface area (Å²) in [6.07, 6.45) is 0.757. The van der Waals surface area contributed by atoms with Gasteiger partial charge in [0, 0.05) is 11.3 Å². The number of phenolic OH excluding ortho intramolecular Hbond substituents is 3. The molecule has 0 aromatic heterocycles. The van der Waals surface area contributed by atoms with Gasteiger partial charge in [0.05, 0.1) is 0 Å². The molecule has 0 heterocycles. The van der Waals surface area contributed by atoms with Crippen molar-refractivity contribution in [1.29, 1.82) is 0 Å². The summed E-state index contributed by atoms with van der Waals surface area (Å²) in [5.74, 6) is 1.03. The van der Waals surface area contributed by atoms with Crippen LogP contribution >= 0.6 is 0 Å². The van der Waals surface area contributed by atoms with Gasteiger partial charge in [-0.3, -0.25) is 0 Å². The summed E-state index contributed by atoms with van der Waals surface area (Å²) < 4.78 is 0. The van der Waals surface area contributed by atoms with Gasteiger partial charge in [0.1, 0.15) is 17.2 Å². The van der Waals surface area contributed by atoms with Crippen molar-refractivity contribution < 1.29 is 15.3 Å². The molecule has 44 heavy (non-hydrogen) atoms. The molecule has 1 unspecified atom stereocenters. The highest BCUT2D eigenvalue weighted by atomic mass is 16.3. The summed E-state index contributed by atoms with van der Waals surface area (Å²) >= 11 is 0. The fraction of sp³-hybridized carbons (Fsp3) is 0.415. The van der Waals surface area contributed by atoms with E-state index in [2.05, 4.69) is 119 Å². The van der Waals surface area contributed by atoms with Crippen molar-refractivity contribution in [3.05, 3.63) is 123 Å². The molecule has 0 saturated carbocycles. The van der Waals surface area contributed by atoms with Gasteiger partial charge in [-0.2, -0.15) is 0 Å². The smallest absolute Gasteiger partial charge is 0.119 e. The minimum Gasteiger partial charge on any atom is -0.508 e. The zero-order valence-corrected chi connectivity index (χ0v) is 28.6. The lowest BCUT2D eigenvalue weighted by atomic mass is 9.74. The van der Waals surface area contributed by atoms with E-state index >= 15 is 0 Å². The first kappa shape index (κ1) is 33.2. The minimum atomic E-state index is -0.266. The molecule has 1 atom stereocenters. The van der Waals surface area contributed by atoms with Gasteiger partial charge < -0.3 is 15.3 Å². The molecule has 0 aliphatic carbocycles. The highest BCUT2D eigenvalue weighted by Crippen LogP contribution is 2.41. The van der Waals surface area contributed by atoms with Crippen molar-refractivity contribution in [2.24, 2.45) is 0 Å². The molecule has 0 radical (unpaired) electrons. The molecule has 234 valence electrons. The maximum Gasteiger partial charge on any atom is 0.119 e. The normalized spacial score (nSPS) is 13.6. The minimum absolute atomic E-state index is 0.0485. The standard InChI is InChI=1S/C41H52O3/c1-38(2,3)32-23-26(12-19-35(32)42)22-31(28-15-20-36(43)33(24-28)39(4,5)6)27-13-16-29(17-14-27)41(10,11)30-18-21-37(44)34(25-30)40(7,8)9/h12-21,23-25,31,42-44H,22H2,1-11H3. The third-order valence-corrected chi connectivity index (χ3v) is 9.10. The van der Waals surface area contributed by atoms with Crippen LogP contribution in [0.3, 0.4) is 0 Å². The summed E-state index contributed by atoms with van der Waals surface area (Å²) in [5, 5.41) is 31.9. The second-order valence-corrected chi connectivity index (χ2v) is 16.1. The summed E-state index contributed by atoms with van der Waals surface area (Å²) in [5.41, 5.74) is 7.88. The number of phenols is 3. The molecule has 0 aliphatic heterocycles. The molecule has 3 heteroatoms. The van der Waals surface area contributed by atoms with Crippen LogP contribution in [0.5, 0.6) is 17.2 Å². The van der Waals surface area contributed by atoms with E-state index in [0.29, 0.717) is 17.2 Å². The van der Waals surface area contributed by atoms with Crippen LogP contribution in [0.15, 0.2) is 78.9 Å². The monoisotopic (exact) mass is 592 g/mol. The predicted molar refractivity (Wildman–Crippen MR) is 185 cm³/mol. The SMILES string of the molecule is CC(C)(C)c1cc(CC(c2ccc(C(C)(C)c3ccc(O)c(C(C)(C)C)c3)cc2)c2ccc(O)c(C(C)(C)C)c2)ccc1O. The van der Waals surface area contributed by atoms with E-state index in [-0.39, 0.29) is 27.6 Å². The fourth-order valence-corrected chi connectivity index (χ4v) is 6.17. The van der Waals surface area contributed by atoms with E-state index in [0.717, 1.165) is 39.8 Å². The van der Waals surface area contributed by atoms with Gasteiger partial charge >= 0.3 is 0 Å². The Bertz CT molecular complexity index is 1620. The Morgan fingerprint density at radius 1 is 0.455 bits per heavy atom. The van der Waals surface area contributed by atoms with Crippen molar-refractivity contribution in [2.45, 2.75) is 110 Å². The Morgan fingerprint density at radius 3 is 1.39 bits per heavy atom. The van der Waals surface area contributed by atoms with Crippen LogP contribution in [0.4, 0.5) is 0 Å². The summed E-state index contributed by atoms with van der Waals surface area (Å²) in [4.78, 5) is 0. The zero-order chi connectivity index (χ0) is 32.8. The van der Waals surface area contributed by atoms with Gasteiger partial charge in [0.2, 0.25) is 0 Å². The van der Waals surface area contributed by atoms with E-state index in [1.807, 2.05) is 36.4 Å². The van der Waals surface area contributed by atoms with Gasteiger partial charge in [0.25, 0.3) is 0 Å². The molecule has 0 bridgehead atoms. The molecular weight excluding hydrogens is 540 g/mol. The molecule has 3 N–H and O–H groups in total. The lowest BCUT2D eigenvalue weighted by molar-refractivity contribution is 0.444. The van der Waals surface area contributed by atoms with E-state index in [1.165, 1.54) is 11.1 Å². The third-order valence-electron chi connectivity index (χ3n) is 9.10. The molecule has 4 aromatic rings. The van der Waals surface area contributed by atoms with Crippen LogP contribution in [0.2, 0.25) is 0 Å². The molecule has 0 spiro atoms. The van der Waals surface area contributed by atoms with Crippen LogP contribution in [-0.4, -0.2) is 15.3 Å². The lowest BCUT2D eigenvalue weighted by Crippen LogP contribution is -2.21. The third kappa shape index (κ3) is 6.98. The Morgan fingerprint density at radius 2 is 0.864 bits per heavy atom. The largest absolute Gasteiger partial charge is 0.508 e. The van der Waals surface area contributed by atoms with Crippen LogP contribution in [-0.2, 0) is 28.1 Å². The van der Waals surface area contributed by atoms with Gasteiger partial charge in [-0.15, -0.1) is 0 Å². The topological polar surface area (TPSA) is 60.7 Å². The first-order chi connectivity index (χ1) is 20.2. The van der Waals surface area contributed by atoms with Crippen molar-refractivity contribution >= 4 is 0 Å². The average Bonchev–Trinajstić information content (AvgIpc) is 2.91. The van der Waals surface area contributed by atoms with Crippen LogP contribution < -0.4 is 0 Å². The first-order valence-electron chi connectivity index (χ1n) is 15.8. The summed E-state index contributed by atoms with van der Waals surface area (Å²) in [7, 11) is 0. The maximum absolute atomic E-state index is 10.7. The molecule has 0 aliphatic rings. The average molecular weight is 593 g/mol. The Kier molecular flexibility index (Phi) is 8.79. The molecule has 0 fully saturated rings. The van der Waals surface area contributed by atoms with Gasteiger partial charge in [-0.25, -0.2) is 0 Å². The molecule has 0 amide bonds. The van der Waals surface area contributed by atoms with Crippen LogP contribution in [0, 0.1) is 0 Å². The van der Waals surface area contributed by atoms with E-state index < -0.39 is 0 Å². The summed E-state index contributed by atoms with van der Waals surface area (Å²) in [6, 6.07) is 27.0. The van der Waals surface area contributed by atoms with Gasteiger partial charge in [0.15, 0.2) is 0 Å². The highest BCUT2D eigenvalue weighted by molar-refractivity contribution is 5.49. The molecule has 3 nitrogen and oxygen atoms in total. The number of hydrogen-bond donors (Lipinski definition) is 3. The highest BCUT2D eigenvalue weighted by Gasteiger charge is 2.28. The maximum atomic E-state index is 10.7. The van der Waals surface area contributed by atoms with E-state index in [9.17, 15) is 15.3 Å². The molecule has 4 rings (SSSR count). The van der Waals surface area contributed by atoms with Gasteiger partial charge in [-0.05, 0) is 85.4 Å². The Hall–Kier alpha value is -3.72. The first-order valence-corrected chi connectivity index (χ1v) is 15.8. The van der Waals surface area contributed by atoms with E-state index in [4.69, 9.17) is 0 Å². The van der Waals surface area contributed by atoms with Crippen molar-refractivity contribution in [2.75, 3.05) is 0 Å².